The monoisotopic (exact) mass is 569 g/mol. The van der Waals surface area contributed by atoms with Crippen molar-refractivity contribution in [2.45, 2.75) is 70.1 Å². The molecule has 0 aromatic heterocycles. The summed E-state index contributed by atoms with van der Waals surface area (Å²) in [6.45, 7) is 3.82. The van der Waals surface area contributed by atoms with Gasteiger partial charge in [-0.25, -0.2) is 4.79 Å². The predicted molar refractivity (Wildman–Crippen MR) is 151 cm³/mol. The molecule has 41 heavy (non-hydrogen) atoms. The number of rotatable bonds is 16. The van der Waals surface area contributed by atoms with Crippen LogP contribution < -0.4 is 27.4 Å². The molecule has 0 radical (unpaired) electrons. The van der Waals surface area contributed by atoms with Crippen molar-refractivity contribution >= 4 is 29.6 Å². The molecule has 0 fully saturated rings. The van der Waals surface area contributed by atoms with E-state index in [0.717, 1.165) is 0 Å². The van der Waals surface area contributed by atoms with Gasteiger partial charge in [0, 0.05) is 19.3 Å². The molecule has 0 spiro atoms. The first-order chi connectivity index (χ1) is 19.3. The van der Waals surface area contributed by atoms with Crippen molar-refractivity contribution in [2.75, 3.05) is 0 Å². The van der Waals surface area contributed by atoms with Crippen molar-refractivity contribution in [1.29, 1.82) is 0 Å². The smallest absolute Gasteiger partial charge is 0.326 e. The minimum Gasteiger partial charge on any atom is -0.508 e. The maximum atomic E-state index is 13.6. The van der Waals surface area contributed by atoms with Crippen LogP contribution in [0.3, 0.4) is 0 Å². The third-order valence-corrected chi connectivity index (χ3v) is 6.28. The maximum absolute atomic E-state index is 13.6. The first-order valence-corrected chi connectivity index (χ1v) is 13.3. The number of aromatic hydroxyl groups is 1. The Morgan fingerprint density at radius 2 is 1.24 bits per heavy atom. The van der Waals surface area contributed by atoms with Crippen molar-refractivity contribution < 1.29 is 34.2 Å². The number of benzene rings is 2. The van der Waals surface area contributed by atoms with Crippen molar-refractivity contribution in [2.24, 2.45) is 17.4 Å². The van der Waals surface area contributed by atoms with E-state index in [1.54, 1.807) is 42.5 Å². The first kappa shape index (κ1) is 32.8. The van der Waals surface area contributed by atoms with Crippen LogP contribution in [-0.4, -0.2) is 64.0 Å². The number of carbonyl (C=O) groups is 5. The Morgan fingerprint density at radius 3 is 1.73 bits per heavy atom. The Hall–Kier alpha value is -4.45. The molecule has 4 unspecified atom stereocenters. The van der Waals surface area contributed by atoms with Gasteiger partial charge < -0.3 is 37.6 Å². The lowest BCUT2D eigenvalue weighted by Gasteiger charge is -2.26. The van der Waals surface area contributed by atoms with Gasteiger partial charge in [-0.05, 0) is 42.0 Å². The van der Waals surface area contributed by atoms with E-state index in [1.807, 2.05) is 13.8 Å². The van der Waals surface area contributed by atoms with Gasteiger partial charge in [-0.1, -0.05) is 56.3 Å². The number of phenolic OH excluding ortho intramolecular Hbond substituents is 1. The number of carbonyl (C=O) groups excluding carboxylic acids is 4. The highest BCUT2D eigenvalue weighted by molar-refractivity contribution is 5.94. The fourth-order valence-corrected chi connectivity index (χ4v) is 4.12. The van der Waals surface area contributed by atoms with E-state index in [2.05, 4.69) is 16.0 Å². The van der Waals surface area contributed by atoms with Crippen LogP contribution in [0.4, 0.5) is 0 Å². The van der Waals surface area contributed by atoms with E-state index in [9.17, 15) is 34.2 Å². The fraction of sp³-hybridized carbons (Fsp3) is 0.414. The van der Waals surface area contributed by atoms with E-state index >= 15 is 0 Å². The van der Waals surface area contributed by atoms with Gasteiger partial charge in [0.15, 0.2) is 0 Å². The molecule has 0 bridgehead atoms. The summed E-state index contributed by atoms with van der Waals surface area (Å²) in [6, 6.07) is 10.2. The molecule has 4 amide bonds. The highest BCUT2D eigenvalue weighted by Crippen LogP contribution is 2.13. The van der Waals surface area contributed by atoms with Crippen LogP contribution in [0.2, 0.25) is 0 Å². The van der Waals surface area contributed by atoms with Crippen LogP contribution >= 0.6 is 0 Å². The second-order valence-electron chi connectivity index (χ2n) is 10.3. The van der Waals surface area contributed by atoms with Gasteiger partial charge in [0.25, 0.3) is 0 Å². The van der Waals surface area contributed by atoms with Crippen LogP contribution in [-0.2, 0) is 36.8 Å². The molecule has 0 saturated heterocycles. The Kier molecular flexibility index (Phi) is 12.8. The van der Waals surface area contributed by atoms with Crippen LogP contribution in [0.15, 0.2) is 54.6 Å². The zero-order chi connectivity index (χ0) is 30.5. The summed E-state index contributed by atoms with van der Waals surface area (Å²) < 4.78 is 0. The molecular formula is C29H39N5O7. The molecule has 0 heterocycles. The standard InChI is InChI=1S/C29H39N5O7/c1-17(2)14-21(30)26(37)33-23(16-19-8-10-20(35)11-9-19)28(39)34-24(15-18-6-4-3-5-7-18)27(38)32-22(29(40)41)12-13-25(31)36/h3-11,17,21-24,35H,12-16,30H2,1-2H3,(H2,31,36)(H,32,38)(H,33,37)(H,34,39)(H,40,41). The summed E-state index contributed by atoms with van der Waals surface area (Å²) >= 11 is 0. The third-order valence-electron chi connectivity index (χ3n) is 6.28. The Morgan fingerprint density at radius 1 is 0.756 bits per heavy atom. The number of primary amides is 1. The van der Waals surface area contributed by atoms with Crippen molar-refractivity contribution in [3.8, 4) is 5.75 Å². The number of hydrogen-bond acceptors (Lipinski definition) is 7. The van der Waals surface area contributed by atoms with Crippen molar-refractivity contribution in [3.05, 3.63) is 65.7 Å². The normalized spacial score (nSPS) is 13.9. The van der Waals surface area contributed by atoms with Gasteiger partial charge in [0.1, 0.15) is 23.9 Å². The SMILES string of the molecule is CC(C)CC(N)C(=O)NC(Cc1ccc(O)cc1)C(=O)NC(Cc1ccccc1)C(=O)NC(CCC(N)=O)C(=O)O. The number of carboxylic acid groups (broad SMARTS) is 1. The van der Waals surface area contributed by atoms with Crippen molar-refractivity contribution in [3.63, 3.8) is 0 Å². The highest BCUT2D eigenvalue weighted by atomic mass is 16.4. The number of hydrogen-bond donors (Lipinski definition) is 7. The quantitative estimate of drug-likeness (QED) is 0.149. The molecule has 222 valence electrons. The molecule has 2 aromatic carbocycles. The average molecular weight is 570 g/mol. The number of aliphatic carboxylic acids is 1. The van der Waals surface area contributed by atoms with E-state index in [0.29, 0.717) is 17.5 Å². The zero-order valence-electron chi connectivity index (χ0n) is 23.2. The molecule has 2 aromatic rings. The van der Waals surface area contributed by atoms with E-state index in [4.69, 9.17) is 11.5 Å². The molecule has 12 nitrogen and oxygen atoms in total. The second-order valence-corrected chi connectivity index (χ2v) is 10.3. The lowest BCUT2D eigenvalue weighted by Crippen LogP contribution is -2.58. The summed E-state index contributed by atoms with van der Waals surface area (Å²) in [5.74, 6) is -3.94. The molecule has 0 saturated carbocycles. The summed E-state index contributed by atoms with van der Waals surface area (Å²) in [6.07, 6.45) is -0.0457. The number of nitrogens with two attached hydrogens (primary N) is 2. The number of phenols is 1. The Labute approximate surface area is 238 Å². The summed E-state index contributed by atoms with van der Waals surface area (Å²) in [5, 5.41) is 26.9. The van der Waals surface area contributed by atoms with E-state index < -0.39 is 53.8 Å². The van der Waals surface area contributed by atoms with Gasteiger partial charge in [-0.15, -0.1) is 0 Å². The molecule has 0 aliphatic heterocycles. The molecule has 2 rings (SSSR count). The number of amides is 4. The van der Waals surface area contributed by atoms with Gasteiger partial charge >= 0.3 is 5.97 Å². The second kappa shape index (κ2) is 16.0. The fourth-order valence-electron chi connectivity index (χ4n) is 4.12. The van der Waals surface area contributed by atoms with Crippen LogP contribution in [0.1, 0.15) is 44.2 Å². The van der Waals surface area contributed by atoms with Gasteiger partial charge in [0.05, 0.1) is 6.04 Å². The molecule has 9 N–H and O–H groups in total. The topological polar surface area (TPSA) is 214 Å². The summed E-state index contributed by atoms with van der Waals surface area (Å²) in [4.78, 5) is 62.6. The Balaban J connectivity index is 2.31. The molecule has 4 atom stereocenters. The highest BCUT2D eigenvalue weighted by Gasteiger charge is 2.31. The molecule has 0 aliphatic carbocycles. The lowest BCUT2D eigenvalue weighted by atomic mass is 10.0. The minimum atomic E-state index is -1.41. The van der Waals surface area contributed by atoms with Crippen LogP contribution in [0.5, 0.6) is 5.75 Å². The first-order valence-electron chi connectivity index (χ1n) is 13.3. The number of carboxylic acids is 1. The van der Waals surface area contributed by atoms with Gasteiger partial charge in [-0.2, -0.15) is 0 Å². The van der Waals surface area contributed by atoms with E-state index in [1.165, 1.54) is 12.1 Å². The maximum Gasteiger partial charge on any atom is 0.326 e. The third kappa shape index (κ3) is 11.7. The predicted octanol–water partition coefficient (Wildman–Crippen LogP) is 0.355. The average Bonchev–Trinajstić information content (AvgIpc) is 2.91. The number of nitrogens with one attached hydrogen (secondary N) is 3. The largest absolute Gasteiger partial charge is 0.508 e. The zero-order valence-corrected chi connectivity index (χ0v) is 23.2. The summed E-state index contributed by atoms with van der Waals surface area (Å²) in [7, 11) is 0. The van der Waals surface area contributed by atoms with Crippen LogP contribution in [0, 0.1) is 5.92 Å². The van der Waals surface area contributed by atoms with Gasteiger partial charge in [0.2, 0.25) is 23.6 Å². The van der Waals surface area contributed by atoms with E-state index in [-0.39, 0.29) is 37.4 Å². The lowest BCUT2D eigenvalue weighted by molar-refractivity contribution is -0.142. The molecular weight excluding hydrogens is 530 g/mol. The molecule has 0 aliphatic rings. The summed E-state index contributed by atoms with van der Waals surface area (Å²) in [5.41, 5.74) is 12.5. The minimum absolute atomic E-state index is 0.0211. The van der Waals surface area contributed by atoms with Crippen LogP contribution in [0.25, 0.3) is 0 Å². The van der Waals surface area contributed by atoms with Crippen molar-refractivity contribution in [1.82, 2.24) is 16.0 Å². The molecule has 12 heteroatoms. The van der Waals surface area contributed by atoms with Gasteiger partial charge in [-0.3, -0.25) is 19.2 Å². The Bertz CT molecular complexity index is 1190.